The number of halogens is 2. The molecule has 0 saturated heterocycles. The maximum absolute atomic E-state index is 13.5. The Hall–Kier alpha value is -1.33. The van der Waals surface area contributed by atoms with Crippen molar-refractivity contribution in [3.63, 3.8) is 0 Å². The van der Waals surface area contributed by atoms with Gasteiger partial charge in [0, 0.05) is 11.6 Å². The third kappa shape index (κ3) is 5.04. The Kier molecular flexibility index (Phi) is 5.14. The molecule has 0 saturated carbocycles. The number of rotatable bonds is 4. The molecule has 4 nitrogen and oxygen atoms in total. The molecular formula is C13H18ClFN2O2. The van der Waals surface area contributed by atoms with Crippen LogP contribution >= 0.6 is 11.6 Å². The van der Waals surface area contributed by atoms with Crippen LogP contribution in [0.1, 0.15) is 20.8 Å². The molecule has 0 spiro atoms. The van der Waals surface area contributed by atoms with E-state index in [-0.39, 0.29) is 17.3 Å². The van der Waals surface area contributed by atoms with Gasteiger partial charge in [-0.1, -0.05) is 11.6 Å². The number of carbonyl (C=O) groups is 1. The van der Waals surface area contributed by atoms with Crippen LogP contribution in [0, 0.1) is 5.82 Å². The first-order valence-corrected chi connectivity index (χ1v) is 6.34. The predicted octanol–water partition coefficient (Wildman–Crippen LogP) is 3.10. The van der Waals surface area contributed by atoms with Gasteiger partial charge in [0.1, 0.15) is 5.82 Å². The van der Waals surface area contributed by atoms with Gasteiger partial charge < -0.3 is 15.3 Å². The Morgan fingerprint density at radius 2 is 2.16 bits per heavy atom. The minimum absolute atomic E-state index is 0.0589. The molecule has 1 aromatic carbocycles. The van der Waals surface area contributed by atoms with E-state index in [0.717, 1.165) is 6.07 Å². The SMILES string of the molecule is CCN(CC(C)(C)O)C(=O)Nc1ccc(Cl)cc1F. The lowest BCUT2D eigenvalue weighted by atomic mass is 10.1. The van der Waals surface area contributed by atoms with E-state index in [0.29, 0.717) is 6.54 Å². The van der Waals surface area contributed by atoms with Crippen LogP contribution in [-0.2, 0) is 0 Å². The fourth-order valence-electron chi connectivity index (χ4n) is 1.58. The fraction of sp³-hybridized carbons (Fsp3) is 0.462. The number of aliphatic hydroxyl groups is 1. The summed E-state index contributed by atoms with van der Waals surface area (Å²) in [4.78, 5) is 13.4. The van der Waals surface area contributed by atoms with E-state index in [9.17, 15) is 14.3 Å². The molecule has 0 bridgehead atoms. The molecule has 0 radical (unpaired) electrons. The van der Waals surface area contributed by atoms with Crippen molar-refractivity contribution in [2.75, 3.05) is 18.4 Å². The largest absolute Gasteiger partial charge is 0.389 e. The highest BCUT2D eigenvalue weighted by Gasteiger charge is 2.21. The van der Waals surface area contributed by atoms with E-state index in [1.54, 1.807) is 20.8 Å². The zero-order valence-corrected chi connectivity index (χ0v) is 12.0. The van der Waals surface area contributed by atoms with E-state index in [2.05, 4.69) is 5.32 Å². The first-order chi connectivity index (χ1) is 8.73. The summed E-state index contributed by atoms with van der Waals surface area (Å²) in [5, 5.41) is 12.4. The molecule has 1 rings (SSSR count). The van der Waals surface area contributed by atoms with Crippen LogP contribution in [0.25, 0.3) is 0 Å². The Morgan fingerprint density at radius 3 is 2.63 bits per heavy atom. The minimum atomic E-state index is -1.01. The molecule has 0 heterocycles. The second-order valence-electron chi connectivity index (χ2n) is 4.88. The lowest BCUT2D eigenvalue weighted by Crippen LogP contribution is -2.44. The van der Waals surface area contributed by atoms with Gasteiger partial charge >= 0.3 is 6.03 Å². The molecule has 0 aliphatic rings. The van der Waals surface area contributed by atoms with Crippen molar-refractivity contribution < 1.29 is 14.3 Å². The normalized spacial score (nSPS) is 11.3. The summed E-state index contributed by atoms with van der Waals surface area (Å²) >= 11 is 5.63. The van der Waals surface area contributed by atoms with Gasteiger partial charge in [-0.3, -0.25) is 0 Å². The number of urea groups is 1. The molecule has 106 valence electrons. The molecule has 2 N–H and O–H groups in total. The van der Waals surface area contributed by atoms with E-state index in [1.165, 1.54) is 17.0 Å². The van der Waals surface area contributed by atoms with Gasteiger partial charge in [-0.05, 0) is 39.0 Å². The predicted molar refractivity (Wildman–Crippen MR) is 74.0 cm³/mol. The number of benzene rings is 1. The standard InChI is InChI=1S/C13H18ClFN2O2/c1-4-17(8-13(2,3)19)12(18)16-11-6-5-9(14)7-10(11)15/h5-7,19H,4,8H2,1-3H3,(H,16,18). The third-order valence-electron chi connectivity index (χ3n) is 2.42. The molecule has 19 heavy (non-hydrogen) atoms. The van der Waals surface area contributed by atoms with Gasteiger partial charge in [-0.15, -0.1) is 0 Å². The summed E-state index contributed by atoms with van der Waals surface area (Å²) in [7, 11) is 0. The number of hydrogen-bond acceptors (Lipinski definition) is 2. The summed E-state index contributed by atoms with van der Waals surface area (Å²) in [5.74, 6) is -0.597. The monoisotopic (exact) mass is 288 g/mol. The fourth-order valence-corrected chi connectivity index (χ4v) is 1.74. The molecule has 0 aliphatic carbocycles. The first kappa shape index (κ1) is 15.7. The summed E-state index contributed by atoms with van der Waals surface area (Å²) in [6, 6.07) is 3.55. The van der Waals surface area contributed by atoms with Crippen LogP contribution in [-0.4, -0.2) is 34.7 Å². The summed E-state index contributed by atoms with van der Waals surface area (Å²) in [6.45, 7) is 5.55. The number of amides is 2. The smallest absolute Gasteiger partial charge is 0.322 e. The van der Waals surface area contributed by atoms with Gasteiger partial charge in [0.05, 0.1) is 17.8 Å². The van der Waals surface area contributed by atoms with E-state index in [1.807, 2.05) is 0 Å². The minimum Gasteiger partial charge on any atom is -0.389 e. The van der Waals surface area contributed by atoms with Crippen molar-refractivity contribution in [2.45, 2.75) is 26.4 Å². The number of nitrogens with zero attached hydrogens (tertiary/aromatic N) is 1. The Balaban J connectivity index is 2.77. The van der Waals surface area contributed by atoms with Crippen molar-refractivity contribution in [3.05, 3.63) is 29.0 Å². The van der Waals surface area contributed by atoms with Gasteiger partial charge in [0.15, 0.2) is 0 Å². The summed E-state index contributed by atoms with van der Waals surface area (Å²) in [5.41, 5.74) is -0.949. The average molecular weight is 289 g/mol. The third-order valence-corrected chi connectivity index (χ3v) is 2.65. The number of carbonyl (C=O) groups excluding carboxylic acids is 1. The number of likely N-dealkylation sites (N-methyl/N-ethyl adjacent to an activating group) is 1. The Bertz CT molecular complexity index is 460. The van der Waals surface area contributed by atoms with Gasteiger partial charge in [-0.25, -0.2) is 9.18 Å². The molecular weight excluding hydrogens is 271 g/mol. The summed E-state index contributed by atoms with van der Waals surface area (Å²) in [6.07, 6.45) is 0. The molecule has 0 unspecified atom stereocenters. The molecule has 0 atom stereocenters. The Labute approximate surface area is 117 Å². The van der Waals surface area contributed by atoms with Crippen molar-refractivity contribution in [3.8, 4) is 0 Å². The molecule has 0 aromatic heterocycles. The van der Waals surface area contributed by atoms with Crippen molar-refractivity contribution in [2.24, 2.45) is 0 Å². The lowest BCUT2D eigenvalue weighted by molar-refractivity contribution is 0.0501. The number of hydrogen-bond donors (Lipinski definition) is 2. The van der Waals surface area contributed by atoms with Crippen LogP contribution in [0.3, 0.4) is 0 Å². The quantitative estimate of drug-likeness (QED) is 0.894. The molecule has 1 aromatic rings. The van der Waals surface area contributed by atoms with Gasteiger partial charge in [0.25, 0.3) is 0 Å². The van der Waals surface area contributed by atoms with E-state index < -0.39 is 17.4 Å². The molecule has 6 heteroatoms. The zero-order valence-electron chi connectivity index (χ0n) is 11.2. The lowest BCUT2D eigenvalue weighted by Gasteiger charge is -2.28. The van der Waals surface area contributed by atoms with E-state index in [4.69, 9.17) is 11.6 Å². The highest BCUT2D eigenvalue weighted by atomic mass is 35.5. The van der Waals surface area contributed by atoms with Gasteiger partial charge in [0.2, 0.25) is 0 Å². The van der Waals surface area contributed by atoms with Crippen molar-refractivity contribution in [1.82, 2.24) is 4.90 Å². The van der Waals surface area contributed by atoms with Crippen LogP contribution in [0.15, 0.2) is 18.2 Å². The highest BCUT2D eigenvalue weighted by molar-refractivity contribution is 6.30. The van der Waals surface area contributed by atoms with Crippen molar-refractivity contribution >= 4 is 23.3 Å². The van der Waals surface area contributed by atoms with E-state index >= 15 is 0 Å². The second kappa shape index (κ2) is 6.21. The molecule has 2 amide bonds. The average Bonchev–Trinajstić information content (AvgIpc) is 2.28. The molecule has 0 aliphatic heterocycles. The van der Waals surface area contributed by atoms with Crippen LogP contribution in [0.4, 0.5) is 14.9 Å². The number of anilines is 1. The van der Waals surface area contributed by atoms with Crippen LogP contribution in [0.2, 0.25) is 5.02 Å². The first-order valence-electron chi connectivity index (χ1n) is 5.96. The zero-order chi connectivity index (χ0) is 14.6. The molecule has 0 fully saturated rings. The second-order valence-corrected chi connectivity index (χ2v) is 5.32. The van der Waals surface area contributed by atoms with Crippen LogP contribution in [0.5, 0.6) is 0 Å². The highest BCUT2D eigenvalue weighted by Crippen LogP contribution is 2.19. The van der Waals surface area contributed by atoms with Crippen LogP contribution < -0.4 is 5.32 Å². The van der Waals surface area contributed by atoms with Gasteiger partial charge in [-0.2, -0.15) is 0 Å². The Morgan fingerprint density at radius 1 is 1.53 bits per heavy atom. The topological polar surface area (TPSA) is 52.6 Å². The van der Waals surface area contributed by atoms with Crippen molar-refractivity contribution in [1.29, 1.82) is 0 Å². The maximum Gasteiger partial charge on any atom is 0.322 e. The number of nitrogens with one attached hydrogen (secondary N) is 1. The summed E-state index contributed by atoms with van der Waals surface area (Å²) < 4.78 is 13.5. The maximum atomic E-state index is 13.5.